The molecule has 3 N–H and O–H groups in total. The third kappa shape index (κ3) is 6.02. The van der Waals surface area contributed by atoms with Crippen molar-refractivity contribution in [1.82, 2.24) is 14.4 Å². The summed E-state index contributed by atoms with van der Waals surface area (Å²) in [7, 11) is -3.75. The Morgan fingerprint density at radius 2 is 1.70 bits per heavy atom. The predicted octanol–water partition coefficient (Wildman–Crippen LogP) is 3.56. The SMILES string of the molecule is Cc1ccc(-c2cn3ccnc3c([As]c3ccc(S(N)(=O)=O)cc3)n2)cc1NC(=O)c1ccc(C(C)(C)C)cc1. The molecule has 0 atom stereocenters. The van der Waals surface area contributed by atoms with Crippen LogP contribution in [0.4, 0.5) is 5.69 Å². The maximum absolute atomic E-state index is 13.1. The molecule has 10 heteroatoms. The van der Waals surface area contributed by atoms with Gasteiger partial charge in [-0.3, -0.25) is 0 Å². The van der Waals surface area contributed by atoms with Crippen LogP contribution in [0.25, 0.3) is 16.9 Å². The van der Waals surface area contributed by atoms with Gasteiger partial charge in [-0.2, -0.15) is 0 Å². The van der Waals surface area contributed by atoms with Crippen molar-refractivity contribution in [2.75, 3.05) is 5.32 Å². The van der Waals surface area contributed by atoms with Gasteiger partial charge in [0.15, 0.2) is 0 Å². The predicted molar refractivity (Wildman–Crippen MR) is 159 cm³/mol. The van der Waals surface area contributed by atoms with Gasteiger partial charge in [-0.15, -0.1) is 0 Å². The zero-order chi connectivity index (χ0) is 28.7. The van der Waals surface area contributed by atoms with Gasteiger partial charge in [-0.1, -0.05) is 20.8 Å². The number of rotatable bonds is 6. The summed E-state index contributed by atoms with van der Waals surface area (Å²) in [5, 5.41) is 8.30. The van der Waals surface area contributed by atoms with E-state index in [1.807, 2.05) is 66.2 Å². The van der Waals surface area contributed by atoms with Crippen LogP contribution >= 0.6 is 0 Å². The minimum atomic E-state index is -3.75. The van der Waals surface area contributed by atoms with Crippen LogP contribution in [0.2, 0.25) is 0 Å². The summed E-state index contributed by atoms with van der Waals surface area (Å²) in [5.74, 6) is -0.174. The molecule has 0 unspecified atom stereocenters. The van der Waals surface area contributed by atoms with Crippen LogP contribution in [0, 0.1) is 6.92 Å². The molecule has 1 radical (unpaired) electrons. The molecule has 0 aliphatic rings. The van der Waals surface area contributed by atoms with E-state index in [9.17, 15) is 13.2 Å². The van der Waals surface area contributed by atoms with E-state index in [1.54, 1.807) is 18.3 Å². The molecule has 0 aliphatic carbocycles. The first-order valence-electron chi connectivity index (χ1n) is 12.6. The number of aromatic nitrogens is 3. The van der Waals surface area contributed by atoms with E-state index in [1.165, 1.54) is 17.7 Å². The molecule has 0 aliphatic heterocycles. The third-order valence-electron chi connectivity index (χ3n) is 6.55. The van der Waals surface area contributed by atoms with Crippen LogP contribution in [-0.2, 0) is 15.4 Å². The van der Waals surface area contributed by atoms with Crippen molar-refractivity contribution in [2.45, 2.75) is 38.0 Å². The van der Waals surface area contributed by atoms with Gasteiger partial charge in [0, 0.05) is 0 Å². The van der Waals surface area contributed by atoms with Gasteiger partial charge in [0.1, 0.15) is 0 Å². The van der Waals surface area contributed by atoms with Crippen molar-refractivity contribution in [3.05, 3.63) is 102 Å². The Labute approximate surface area is 240 Å². The monoisotopic (exact) mass is 614 g/mol. The number of sulfonamides is 1. The maximum atomic E-state index is 13.1. The Morgan fingerprint density at radius 1 is 1.00 bits per heavy atom. The molecular weight excluding hydrogens is 585 g/mol. The fourth-order valence-corrected chi connectivity index (χ4v) is 6.75. The van der Waals surface area contributed by atoms with Gasteiger partial charge in [0.05, 0.1) is 0 Å². The first-order chi connectivity index (χ1) is 18.9. The van der Waals surface area contributed by atoms with Gasteiger partial charge in [-0.05, 0) is 5.41 Å². The number of hydrogen-bond donors (Lipinski definition) is 2. The molecule has 8 nitrogen and oxygen atoms in total. The summed E-state index contributed by atoms with van der Waals surface area (Å²) in [4.78, 5) is 22.6. The molecule has 3 aromatic carbocycles. The van der Waals surface area contributed by atoms with Crippen LogP contribution in [0.15, 0.2) is 90.2 Å². The van der Waals surface area contributed by atoms with E-state index < -0.39 is 25.8 Å². The Morgan fingerprint density at radius 3 is 2.35 bits per heavy atom. The third-order valence-corrected chi connectivity index (χ3v) is 9.72. The van der Waals surface area contributed by atoms with Gasteiger partial charge in [-0.25, -0.2) is 0 Å². The number of aryl methyl sites for hydroxylation is 1. The zero-order valence-electron chi connectivity index (χ0n) is 22.6. The van der Waals surface area contributed by atoms with Gasteiger partial charge in [0.25, 0.3) is 0 Å². The molecule has 40 heavy (non-hydrogen) atoms. The van der Waals surface area contributed by atoms with Crippen molar-refractivity contribution >= 4 is 51.9 Å². The topological polar surface area (TPSA) is 119 Å². The summed E-state index contributed by atoms with van der Waals surface area (Å²) in [6.07, 6.45) is 5.51. The van der Waals surface area contributed by atoms with Gasteiger partial charge < -0.3 is 0 Å². The number of amides is 1. The molecule has 0 bridgehead atoms. The number of nitrogens with two attached hydrogens (primary N) is 1. The Kier molecular flexibility index (Phi) is 7.40. The Hall–Kier alpha value is -3.78. The van der Waals surface area contributed by atoms with E-state index in [0.717, 1.165) is 31.3 Å². The van der Waals surface area contributed by atoms with Gasteiger partial charge >= 0.3 is 215 Å². The summed E-state index contributed by atoms with van der Waals surface area (Å²) in [5.41, 5.74) is 5.76. The molecule has 5 aromatic rings. The summed E-state index contributed by atoms with van der Waals surface area (Å²) in [6, 6.07) is 20.1. The molecule has 0 saturated carbocycles. The molecule has 203 valence electrons. The van der Waals surface area contributed by atoms with Crippen molar-refractivity contribution in [3.8, 4) is 11.3 Å². The van der Waals surface area contributed by atoms with Crippen molar-refractivity contribution in [3.63, 3.8) is 0 Å². The second-order valence-corrected chi connectivity index (χ2v) is 14.6. The standard InChI is InChI=1S/C30H29AsN5O3S/c1-19-5-6-21(17-25(19)35-29(37)20-7-9-22(10-8-20)30(2,3)4)26-18-36-16-15-33-28(36)27(34-26)31-23-11-13-24(14-12-23)40(32,38)39/h5-18H,1-4H3,(H,35,37)(H2,32,38,39). The van der Waals surface area contributed by atoms with E-state index in [0.29, 0.717) is 11.3 Å². The molecule has 1 amide bonds. The second kappa shape index (κ2) is 10.7. The number of benzene rings is 3. The average molecular weight is 615 g/mol. The fraction of sp³-hybridized carbons (Fsp3) is 0.167. The van der Waals surface area contributed by atoms with E-state index >= 15 is 0 Å². The molecule has 2 heterocycles. The number of hydrogen-bond acceptors (Lipinski definition) is 5. The normalized spacial score (nSPS) is 12.3. The van der Waals surface area contributed by atoms with Crippen LogP contribution in [0.5, 0.6) is 0 Å². The average Bonchev–Trinajstić information content (AvgIpc) is 3.38. The summed E-state index contributed by atoms with van der Waals surface area (Å²) >= 11 is -0.596. The summed E-state index contributed by atoms with van der Waals surface area (Å²) < 4.78 is 27.0. The number of nitrogens with one attached hydrogen (secondary N) is 1. The van der Waals surface area contributed by atoms with Crippen molar-refractivity contribution < 1.29 is 13.2 Å². The van der Waals surface area contributed by atoms with Crippen LogP contribution in [-0.4, -0.2) is 44.4 Å². The van der Waals surface area contributed by atoms with Crippen LogP contribution in [0.1, 0.15) is 42.3 Å². The van der Waals surface area contributed by atoms with Gasteiger partial charge in [0.2, 0.25) is 0 Å². The Balaban J connectivity index is 1.44. The number of fused-ring (bicyclic) bond motifs is 1. The quantitative estimate of drug-likeness (QED) is 0.284. The number of carbonyl (C=O) groups excluding carboxylic acids is 1. The number of carbonyl (C=O) groups is 1. The molecule has 0 saturated heterocycles. The molecule has 0 fully saturated rings. The minimum absolute atomic E-state index is 0.0125. The number of imidazole rings is 1. The first-order valence-corrected chi connectivity index (χ1v) is 16.0. The fourth-order valence-electron chi connectivity index (χ4n) is 4.19. The molecular formula is C30H29AsN5O3S. The van der Waals surface area contributed by atoms with E-state index in [2.05, 4.69) is 31.1 Å². The number of primary sulfonamides is 1. The van der Waals surface area contributed by atoms with Crippen molar-refractivity contribution in [1.29, 1.82) is 0 Å². The van der Waals surface area contributed by atoms with Crippen LogP contribution in [0.3, 0.4) is 0 Å². The molecule has 2 aromatic heterocycles. The number of nitrogens with zero attached hydrogens (tertiary/aromatic N) is 3. The number of anilines is 1. The molecule has 0 spiro atoms. The van der Waals surface area contributed by atoms with E-state index in [4.69, 9.17) is 10.1 Å². The van der Waals surface area contributed by atoms with E-state index in [-0.39, 0.29) is 16.2 Å². The second-order valence-electron chi connectivity index (χ2n) is 10.6. The Bertz CT molecular complexity index is 1820. The summed E-state index contributed by atoms with van der Waals surface area (Å²) in [6.45, 7) is 8.38. The van der Waals surface area contributed by atoms with Crippen LogP contribution < -0.4 is 19.3 Å². The first kappa shape index (κ1) is 27.8. The molecule has 5 rings (SSSR count). The zero-order valence-corrected chi connectivity index (χ0v) is 25.3. The van der Waals surface area contributed by atoms with Crippen molar-refractivity contribution in [2.24, 2.45) is 5.14 Å².